The first-order valence-corrected chi connectivity index (χ1v) is 6.66. The molecule has 0 saturated carbocycles. The average molecular weight is 232 g/mol. The van der Waals surface area contributed by atoms with Crippen LogP contribution in [-0.2, 0) is 4.79 Å². The van der Waals surface area contributed by atoms with Crippen molar-refractivity contribution in [2.45, 2.75) is 39.3 Å². The maximum Gasteiger partial charge on any atom is 0.223 e. The maximum atomic E-state index is 11.4. The summed E-state index contributed by atoms with van der Waals surface area (Å²) in [4.78, 5) is 13.1. The van der Waals surface area contributed by atoms with Crippen molar-refractivity contribution >= 4 is 17.7 Å². The van der Waals surface area contributed by atoms with Crippen molar-refractivity contribution in [3.8, 4) is 0 Å². The lowest BCUT2D eigenvalue weighted by molar-refractivity contribution is -0.129. The minimum atomic E-state index is 0.186. The lowest BCUT2D eigenvalue weighted by atomic mass is 10.2. The second-order valence-electron chi connectivity index (χ2n) is 4.12. The fourth-order valence-corrected chi connectivity index (χ4v) is 2.02. The standard InChI is InChI=1S/C11H24N2OS/c1-6-15-8-10(3)12-9(2)7-11(14)13(4)5/h9-10,12H,6-8H2,1-5H3. The van der Waals surface area contributed by atoms with Crippen LogP contribution in [0.2, 0.25) is 0 Å². The molecule has 0 aromatic heterocycles. The molecule has 90 valence electrons. The van der Waals surface area contributed by atoms with E-state index in [4.69, 9.17) is 0 Å². The Morgan fingerprint density at radius 1 is 1.33 bits per heavy atom. The predicted molar refractivity (Wildman–Crippen MR) is 68.4 cm³/mol. The van der Waals surface area contributed by atoms with E-state index in [2.05, 4.69) is 26.1 Å². The summed E-state index contributed by atoms with van der Waals surface area (Å²) in [6.07, 6.45) is 0.578. The first-order chi connectivity index (χ1) is 6.97. The quantitative estimate of drug-likeness (QED) is 0.723. The first-order valence-electron chi connectivity index (χ1n) is 5.51. The Labute approximate surface area is 98.0 Å². The molecule has 0 aromatic carbocycles. The Bertz CT molecular complexity index is 185. The van der Waals surface area contributed by atoms with E-state index in [0.717, 1.165) is 11.5 Å². The summed E-state index contributed by atoms with van der Waals surface area (Å²) in [5, 5.41) is 3.43. The Kier molecular flexibility index (Phi) is 7.88. The van der Waals surface area contributed by atoms with E-state index >= 15 is 0 Å². The highest BCUT2D eigenvalue weighted by Gasteiger charge is 2.12. The van der Waals surface area contributed by atoms with E-state index in [-0.39, 0.29) is 11.9 Å². The van der Waals surface area contributed by atoms with Crippen molar-refractivity contribution in [3.05, 3.63) is 0 Å². The summed E-state index contributed by atoms with van der Waals surface area (Å²) in [5.74, 6) is 2.44. The zero-order valence-corrected chi connectivity index (χ0v) is 11.4. The molecule has 1 N–H and O–H groups in total. The molecule has 0 aliphatic heterocycles. The fraction of sp³-hybridized carbons (Fsp3) is 0.909. The lowest BCUT2D eigenvalue weighted by Gasteiger charge is -2.20. The van der Waals surface area contributed by atoms with E-state index in [1.165, 1.54) is 0 Å². The van der Waals surface area contributed by atoms with Crippen LogP contribution in [0, 0.1) is 0 Å². The van der Waals surface area contributed by atoms with Crippen molar-refractivity contribution in [2.24, 2.45) is 0 Å². The van der Waals surface area contributed by atoms with Crippen LogP contribution in [-0.4, -0.2) is 48.5 Å². The molecule has 0 aromatic rings. The van der Waals surface area contributed by atoms with E-state index in [9.17, 15) is 4.79 Å². The summed E-state index contributed by atoms with van der Waals surface area (Å²) in [5.41, 5.74) is 0. The summed E-state index contributed by atoms with van der Waals surface area (Å²) in [7, 11) is 3.59. The van der Waals surface area contributed by atoms with Crippen LogP contribution in [0.4, 0.5) is 0 Å². The molecule has 1 amide bonds. The molecule has 0 radical (unpaired) electrons. The summed E-state index contributed by atoms with van der Waals surface area (Å²) < 4.78 is 0. The topological polar surface area (TPSA) is 32.3 Å². The molecule has 0 fully saturated rings. The number of thioether (sulfide) groups is 1. The van der Waals surface area contributed by atoms with Gasteiger partial charge in [0.1, 0.15) is 0 Å². The van der Waals surface area contributed by atoms with Gasteiger partial charge in [0.25, 0.3) is 0 Å². The van der Waals surface area contributed by atoms with Crippen LogP contribution < -0.4 is 5.32 Å². The van der Waals surface area contributed by atoms with E-state index in [0.29, 0.717) is 12.5 Å². The van der Waals surface area contributed by atoms with E-state index in [1.54, 1.807) is 19.0 Å². The SMILES string of the molecule is CCSCC(C)NC(C)CC(=O)N(C)C. The van der Waals surface area contributed by atoms with Gasteiger partial charge in [-0.2, -0.15) is 11.8 Å². The fourth-order valence-electron chi connectivity index (χ4n) is 1.33. The second-order valence-corrected chi connectivity index (χ2v) is 5.44. The maximum absolute atomic E-state index is 11.4. The molecule has 0 bridgehead atoms. The molecule has 0 aliphatic carbocycles. The Balaban J connectivity index is 3.72. The van der Waals surface area contributed by atoms with Gasteiger partial charge in [0.05, 0.1) is 0 Å². The first kappa shape index (κ1) is 14.8. The number of carbonyl (C=O) groups is 1. The summed E-state index contributed by atoms with van der Waals surface area (Å²) in [6, 6.07) is 0.729. The number of nitrogens with zero attached hydrogens (tertiary/aromatic N) is 1. The number of rotatable bonds is 7. The molecule has 4 heteroatoms. The molecule has 0 aliphatic rings. The Morgan fingerprint density at radius 2 is 1.93 bits per heavy atom. The Hall–Kier alpha value is -0.220. The zero-order chi connectivity index (χ0) is 11.8. The predicted octanol–water partition coefficient (Wildman–Crippen LogP) is 1.58. The highest BCUT2D eigenvalue weighted by Crippen LogP contribution is 2.03. The third kappa shape index (κ3) is 7.68. The highest BCUT2D eigenvalue weighted by molar-refractivity contribution is 7.99. The van der Waals surface area contributed by atoms with E-state index < -0.39 is 0 Å². The van der Waals surface area contributed by atoms with Crippen LogP contribution in [0.15, 0.2) is 0 Å². The Morgan fingerprint density at radius 3 is 2.40 bits per heavy atom. The third-order valence-electron chi connectivity index (χ3n) is 2.12. The van der Waals surface area contributed by atoms with E-state index in [1.807, 2.05) is 11.8 Å². The number of hydrogen-bond acceptors (Lipinski definition) is 3. The summed E-state index contributed by atoms with van der Waals surface area (Å²) in [6.45, 7) is 6.39. The zero-order valence-electron chi connectivity index (χ0n) is 10.5. The van der Waals surface area contributed by atoms with Gasteiger partial charge in [-0.05, 0) is 19.6 Å². The van der Waals surface area contributed by atoms with Gasteiger partial charge in [0.15, 0.2) is 0 Å². The number of carbonyl (C=O) groups excluding carboxylic acids is 1. The van der Waals surface area contributed by atoms with Crippen molar-refractivity contribution < 1.29 is 4.79 Å². The monoisotopic (exact) mass is 232 g/mol. The largest absolute Gasteiger partial charge is 0.349 e. The van der Waals surface area contributed by atoms with Gasteiger partial charge in [-0.15, -0.1) is 0 Å². The lowest BCUT2D eigenvalue weighted by Crippen LogP contribution is -2.39. The average Bonchev–Trinajstić information content (AvgIpc) is 2.14. The number of nitrogens with one attached hydrogen (secondary N) is 1. The highest BCUT2D eigenvalue weighted by atomic mass is 32.2. The minimum absolute atomic E-state index is 0.186. The summed E-state index contributed by atoms with van der Waals surface area (Å²) >= 11 is 1.93. The molecule has 3 nitrogen and oxygen atoms in total. The van der Waals surface area contributed by atoms with Gasteiger partial charge in [0.2, 0.25) is 5.91 Å². The van der Waals surface area contributed by atoms with Crippen molar-refractivity contribution in [3.63, 3.8) is 0 Å². The molecular formula is C11H24N2OS. The van der Waals surface area contributed by atoms with Crippen LogP contribution in [0.1, 0.15) is 27.2 Å². The van der Waals surface area contributed by atoms with Gasteiger partial charge in [-0.1, -0.05) is 6.92 Å². The van der Waals surface area contributed by atoms with Gasteiger partial charge in [0, 0.05) is 38.4 Å². The number of amides is 1. The smallest absolute Gasteiger partial charge is 0.223 e. The van der Waals surface area contributed by atoms with Crippen LogP contribution >= 0.6 is 11.8 Å². The molecule has 0 spiro atoms. The van der Waals surface area contributed by atoms with Crippen molar-refractivity contribution in [1.82, 2.24) is 10.2 Å². The molecule has 15 heavy (non-hydrogen) atoms. The van der Waals surface area contributed by atoms with Gasteiger partial charge >= 0.3 is 0 Å². The second kappa shape index (κ2) is 7.99. The minimum Gasteiger partial charge on any atom is -0.349 e. The number of hydrogen-bond donors (Lipinski definition) is 1. The molecular weight excluding hydrogens is 208 g/mol. The van der Waals surface area contributed by atoms with Crippen LogP contribution in [0.3, 0.4) is 0 Å². The van der Waals surface area contributed by atoms with Gasteiger partial charge in [-0.3, -0.25) is 4.79 Å². The van der Waals surface area contributed by atoms with Crippen LogP contribution in [0.5, 0.6) is 0 Å². The molecule has 0 saturated heterocycles. The molecule has 0 rings (SSSR count). The normalized spacial score (nSPS) is 14.7. The van der Waals surface area contributed by atoms with Crippen molar-refractivity contribution in [1.29, 1.82) is 0 Å². The molecule has 2 unspecified atom stereocenters. The van der Waals surface area contributed by atoms with Gasteiger partial charge in [-0.25, -0.2) is 0 Å². The molecule has 2 atom stereocenters. The third-order valence-corrected chi connectivity index (χ3v) is 3.26. The van der Waals surface area contributed by atoms with Gasteiger partial charge < -0.3 is 10.2 Å². The van der Waals surface area contributed by atoms with Crippen LogP contribution in [0.25, 0.3) is 0 Å². The molecule has 0 heterocycles. The van der Waals surface area contributed by atoms with Crippen molar-refractivity contribution in [2.75, 3.05) is 25.6 Å².